The van der Waals surface area contributed by atoms with Crippen LogP contribution in [0.3, 0.4) is 0 Å². The molecule has 1 amide bonds. The number of carbonyl (C=O) groups excluding carboxylic acids is 1. The molecule has 1 heterocycles. The zero-order chi connectivity index (χ0) is 10.8. The highest BCUT2D eigenvalue weighted by atomic mass is 16.5. The van der Waals surface area contributed by atoms with E-state index in [1.54, 1.807) is 17.0 Å². The number of benzene rings is 1. The highest BCUT2D eigenvalue weighted by Gasteiger charge is 2.24. The number of fused-ring (bicyclic) bond motifs is 1. The number of phenolic OH excluding ortho intramolecular Hbond substituents is 1. The van der Waals surface area contributed by atoms with E-state index in [4.69, 9.17) is 4.74 Å². The molecule has 0 saturated heterocycles. The molecule has 0 atom stereocenters. The molecule has 1 aliphatic rings. The van der Waals surface area contributed by atoms with Gasteiger partial charge in [-0.3, -0.25) is 4.79 Å². The molecule has 0 aliphatic carbocycles. The first-order chi connectivity index (χ1) is 7.22. The van der Waals surface area contributed by atoms with Gasteiger partial charge < -0.3 is 14.7 Å². The second-order valence-electron chi connectivity index (χ2n) is 3.49. The Morgan fingerprint density at radius 2 is 2.33 bits per heavy atom. The summed E-state index contributed by atoms with van der Waals surface area (Å²) in [4.78, 5) is 13.3. The van der Waals surface area contributed by atoms with Crippen molar-refractivity contribution in [3.05, 3.63) is 18.2 Å². The molecule has 1 aromatic rings. The van der Waals surface area contributed by atoms with Gasteiger partial charge in [0.25, 0.3) is 5.91 Å². The van der Waals surface area contributed by atoms with E-state index in [-0.39, 0.29) is 18.3 Å². The lowest BCUT2D eigenvalue weighted by molar-refractivity contribution is -0.121. The Labute approximate surface area is 88.1 Å². The highest BCUT2D eigenvalue weighted by molar-refractivity contribution is 5.97. The summed E-state index contributed by atoms with van der Waals surface area (Å²) in [5.41, 5.74) is 0.742. The summed E-state index contributed by atoms with van der Waals surface area (Å²) in [6, 6.07) is 4.80. The van der Waals surface area contributed by atoms with Crippen LogP contribution in [0.4, 0.5) is 5.69 Å². The zero-order valence-electron chi connectivity index (χ0n) is 8.56. The van der Waals surface area contributed by atoms with Gasteiger partial charge in [0, 0.05) is 12.6 Å². The van der Waals surface area contributed by atoms with Gasteiger partial charge in [0.1, 0.15) is 11.5 Å². The van der Waals surface area contributed by atoms with E-state index < -0.39 is 0 Å². The van der Waals surface area contributed by atoms with E-state index in [9.17, 15) is 9.90 Å². The number of nitrogens with zero attached hydrogens (tertiary/aromatic N) is 1. The number of hydrogen-bond acceptors (Lipinski definition) is 3. The van der Waals surface area contributed by atoms with Gasteiger partial charge in [-0.25, -0.2) is 0 Å². The normalized spacial score (nSPS) is 14.7. The third-order valence-electron chi connectivity index (χ3n) is 2.33. The summed E-state index contributed by atoms with van der Waals surface area (Å²) in [6.45, 7) is 2.75. The number of hydrogen-bond donors (Lipinski definition) is 1. The van der Waals surface area contributed by atoms with E-state index in [0.29, 0.717) is 12.3 Å². The molecule has 1 aliphatic heterocycles. The SMILES string of the molecule is CCCN1C(=O)COc2cc(O)ccc21. The minimum Gasteiger partial charge on any atom is -0.508 e. The van der Waals surface area contributed by atoms with Crippen molar-refractivity contribution in [1.29, 1.82) is 0 Å². The lowest BCUT2D eigenvalue weighted by Crippen LogP contribution is -2.39. The summed E-state index contributed by atoms with van der Waals surface area (Å²) in [5, 5.41) is 9.29. The first-order valence-electron chi connectivity index (χ1n) is 4.98. The second kappa shape index (κ2) is 3.81. The molecule has 1 N–H and O–H groups in total. The number of anilines is 1. The number of amides is 1. The standard InChI is InChI=1S/C11H13NO3/c1-2-5-12-9-4-3-8(13)6-10(9)15-7-11(12)14/h3-4,6,13H,2,5,7H2,1H3. The number of carbonyl (C=O) groups is 1. The maximum Gasteiger partial charge on any atom is 0.265 e. The van der Waals surface area contributed by atoms with Gasteiger partial charge >= 0.3 is 0 Å². The van der Waals surface area contributed by atoms with Gasteiger partial charge in [-0.15, -0.1) is 0 Å². The molecule has 0 bridgehead atoms. The average Bonchev–Trinajstić information content (AvgIpc) is 2.22. The molecule has 1 aromatic carbocycles. The Morgan fingerprint density at radius 3 is 3.07 bits per heavy atom. The fraction of sp³-hybridized carbons (Fsp3) is 0.364. The molecule has 0 unspecified atom stereocenters. The summed E-state index contributed by atoms with van der Waals surface area (Å²) >= 11 is 0. The Bertz CT molecular complexity index is 389. The minimum atomic E-state index is -0.0324. The van der Waals surface area contributed by atoms with Crippen LogP contribution >= 0.6 is 0 Å². The van der Waals surface area contributed by atoms with Crippen LogP contribution in [0.1, 0.15) is 13.3 Å². The van der Waals surface area contributed by atoms with E-state index >= 15 is 0 Å². The van der Waals surface area contributed by atoms with E-state index in [0.717, 1.165) is 12.1 Å². The first kappa shape index (κ1) is 9.83. The molecule has 0 saturated carbocycles. The highest BCUT2D eigenvalue weighted by Crippen LogP contribution is 2.34. The van der Waals surface area contributed by atoms with Crippen molar-refractivity contribution in [3.63, 3.8) is 0 Å². The number of phenols is 1. The van der Waals surface area contributed by atoms with Gasteiger partial charge in [-0.1, -0.05) is 6.92 Å². The van der Waals surface area contributed by atoms with Crippen molar-refractivity contribution in [3.8, 4) is 11.5 Å². The van der Waals surface area contributed by atoms with Crippen molar-refractivity contribution in [1.82, 2.24) is 0 Å². The molecule has 0 aromatic heterocycles. The molecular formula is C11H13NO3. The quantitative estimate of drug-likeness (QED) is 0.800. The molecule has 4 heteroatoms. The summed E-state index contributed by atoms with van der Waals surface area (Å²) < 4.78 is 5.24. The Balaban J connectivity index is 2.39. The fourth-order valence-corrected chi connectivity index (χ4v) is 1.66. The maximum atomic E-state index is 11.6. The number of aromatic hydroxyl groups is 1. The Morgan fingerprint density at radius 1 is 1.53 bits per heavy atom. The van der Waals surface area contributed by atoms with Crippen LogP contribution in [0.15, 0.2) is 18.2 Å². The predicted octanol–water partition coefficient (Wildman–Crippen LogP) is 1.53. The van der Waals surface area contributed by atoms with E-state index in [2.05, 4.69) is 0 Å². The van der Waals surface area contributed by atoms with Crippen LogP contribution in [0.5, 0.6) is 11.5 Å². The van der Waals surface area contributed by atoms with Crippen molar-refractivity contribution in [2.24, 2.45) is 0 Å². The largest absolute Gasteiger partial charge is 0.508 e. The van der Waals surface area contributed by atoms with E-state index in [1.165, 1.54) is 6.07 Å². The summed E-state index contributed by atoms with van der Waals surface area (Å²) in [5.74, 6) is 0.692. The van der Waals surface area contributed by atoms with Crippen molar-refractivity contribution >= 4 is 11.6 Å². The molecular weight excluding hydrogens is 194 g/mol. The van der Waals surface area contributed by atoms with Crippen molar-refractivity contribution < 1.29 is 14.6 Å². The average molecular weight is 207 g/mol. The van der Waals surface area contributed by atoms with Gasteiger partial charge in [-0.2, -0.15) is 0 Å². The molecule has 0 fully saturated rings. The third kappa shape index (κ3) is 1.75. The molecule has 0 radical (unpaired) electrons. The van der Waals surface area contributed by atoms with Crippen LogP contribution in [0, 0.1) is 0 Å². The lowest BCUT2D eigenvalue weighted by Gasteiger charge is -2.29. The topological polar surface area (TPSA) is 49.8 Å². The Kier molecular flexibility index (Phi) is 2.49. The molecule has 2 rings (SSSR count). The predicted molar refractivity (Wildman–Crippen MR) is 56.2 cm³/mol. The van der Waals surface area contributed by atoms with Gasteiger partial charge in [-0.05, 0) is 18.6 Å². The Hall–Kier alpha value is -1.71. The zero-order valence-corrected chi connectivity index (χ0v) is 8.56. The summed E-state index contributed by atoms with van der Waals surface area (Å²) in [6.07, 6.45) is 0.895. The number of ether oxygens (including phenoxy) is 1. The van der Waals surface area contributed by atoms with Crippen LogP contribution in [-0.4, -0.2) is 24.2 Å². The van der Waals surface area contributed by atoms with Gasteiger partial charge in [0.2, 0.25) is 0 Å². The smallest absolute Gasteiger partial charge is 0.265 e. The third-order valence-corrected chi connectivity index (χ3v) is 2.33. The minimum absolute atomic E-state index is 0.0324. The molecule has 80 valence electrons. The lowest BCUT2D eigenvalue weighted by atomic mass is 10.2. The maximum absolute atomic E-state index is 11.6. The molecule has 15 heavy (non-hydrogen) atoms. The van der Waals surface area contributed by atoms with Crippen molar-refractivity contribution in [2.75, 3.05) is 18.1 Å². The van der Waals surface area contributed by atoms with Gasteiger partial charge in [0.05, 0.1) is 5.69 Å². The van der Waals surface area contributed by atoms with Crippen LogP contribution in [0.2, 0.25) is 0 Å². The van der Waals surface area contributed by atoms with Crippen molar-refractivity contribution in [2.45, 2.75) is 13.3 Å². The van der Waals surface area contributed by atoms with E-state index in [1.807, 2.05) is 6.92 Å². The number of rotatable bonds is 2. The second-order valence-corrected chi connectivity index (χ2v) is 3.49. The first-order valence-corrected chi connectivity index (χ1v) is 4.98. The fourth-order valence-electron chi connectivity index (χ4n) is 1.66. The monoisotopic (exact) mass is 207 g/mol. The van der Waals surface area contributed by atoms with Crippen LogP contribution < -0.4 is 9.64 Å². The molecule has 4 nitrogen and oxygen atoms in total. The van der Waals surface area contributed by atoms with Gasteiger partial charge in [0.15, 0.2) is 6.61 Å². The molecule has 0 spiro atoms. The van der Waals surface area contributed by atoms with Crippen LogP contribution in [-0.2, 0) is 4.79 Å². The van der Waals surface area contributed by atoms with Crippen LogP contribution in [0.25, 0.3) is 0 Å². The summed E-state index contributed by atoms with van der Waals surface area (Å²) in [7, 11) is 0.